The van der Waals surface area contributed by atoms with Crippen molar-refractivity contribution in [3.8, 4) is 0 Å². The molecule has 0 bridgehead atoms. The average molecular weight is 385 g/mol. The number of carboxylic acids is 1. The summed E-state index contributed by atoms with van der Waals surface area (Å²) in [6, 6.07) is 13.1. The fourth-order valence-corrected chi connectivity index (χ4v) is 3.29. The Kier molecular flexibility index (Phi) is 7.61. The maximum absolute atomic E-state index is 13.2. The molecule has 2 N–H and O–H groups in total. The molecule has 5 nitrogen and oxygen atoms in total. The lowest BCUT2D eigenvalue weighted by Gasteiger charge is -2.28. The van der Waals surface area contributed by atoms with E-state index in [1.807, 2.05) is 31.2 Å². The van der Waals surface area contributed by atoms with E-state index in [1.165, 1.54) is 22.5 Å². The van der Waals surface area contributed by atoms with Crippen LogP contribution >= 0.6 is 0 Å². The van der Waals surface area contributed by atoms with Crippen molar-refractivity contribution in [2.75, 3.05) is 6.54 Å². The third-order valence-electron chi connectivity index (χ3n) is 5.06. The summed E-state index contributed by atoms with van der Waals surface area (Å²) in [7, 11) is 0.909. The van der Waals surface area contributed by atoms with Crippen LogP contribution in [-0.2, 0) is 4.79 Å². The predicted molar refractivity (Wildman–Crippen MR) is 108 cm³/mol. The Morgan fingerprint density at radius 2 is 1.61 bits per heavy atom. The number of carbonyl (C=O) groups is 2. The Morgan fingerprint density at radius 3 is 2.11 bits per heavy atom. The summed E-state index contributed by atoms with van der Waals surface area (Å²) in [6.07, 6.45) is -0.861. The van der Waals surface area contributed by atoms with Crippen LogP contribution in [-0.4, -0.2) is 41.0 Å². The topological polar surface area (TPSA) is 77.8 Å². The molecule has 0 spiro atoms. The molecule has 0 fully saturated rings. The molecule has 0 aliphatic rings. The van der Waals surface area contributed by atoms with Gasteiger partial charge in [-0.1, -0.05) is 48.7 Å². The molecule has 0 aromatic heterocycles. The average Bonchev–Trinajstić information content (AvgIpc) is 2.67. The molecular formula is C21H25BFNO4. The molecule has 1 amide bonds. The first kappa shape index (κ1) is 21.5. The second-order valence-corrected chi connectivity index (χ2v) is 6.88. The summed E-state index contributed by atoms with van der Waals surface area (Å²) < 4.78 is 13.2. The minimum Gasteiger partial charge on any atom is -0.481 e. The number of nitrogens with zero attached hydrogens (tertiary/aromatic N) is 1. The van der Waals surface area contributed by atoms with Gasteiger partial charge in [-0.05, 0) is 42.5 Å². The van der Waals surface area contributed by atoms with E-state index in [4.69, 9.17) is 0 Å². The summed E-state index contributed by atoms with van der Waals surface area (Å²) in [5.41, 5.74) is 2.75. The lowest BCUT2D eigenvalue weighted by Crippen LogP contribution is -2.34. The third kappa shape index (κ3) is 5.84. The molecule has 0 heterocycles. The van der Waals surface area contributed by atoms with Gasteiger partial charge >= 0.3 is 12.1 Å². The van der Waals surface area contributed by atoms with Gasteiger partial charge < -0.3 is 15.1 Å². The summed E-state index contributed by atoms with van der Waals surface area (Å²) >= 11 is 0. The zero-order valence-electron chi connectivity index (χ0n) is 16.1. The standard InChI is InChI=1S/C21H25BFNO4/c1-14(15-3-7-18(22-2)8-4-15)24(21(27)28)12-11-17(13-20(25)26)16-5-9-19(23)10-6-16/h3-10,14,17,22H,11-13H2,1-2H3,(H,25,26)(H,27,28)/t14-,17+/m0/s1. The second-order valence-electron chi connectivity index (χ2n) is 6.88. The Morgan fingerprint density at radius 1 is 1.04 bits per heavy atom. The van der Waals surface area contributed by atoms with E-state index in [0.29, 0.717) is 12.0 Å². The molecule has 0 aliphatic heterocycles. The van der Waals surface area contributed by atoms with Crippen LogP contribution in [0.5, 0.6) is 0 Å². The molecule has 2 atom stereocenters. The Labute approximate surface area is 165 Å². The van der Waals surface area contributed by atoms with Crippen molar-refractivity contribution in [2.24, 2.45) is 0 Å². The zero-order valence-corrected chi connectivity index (χ0v) is 16.1. The van der Waals surface area contributed by atoms with Crippen LogP contribution in [0.15, 0.2) is 48.5 Å². The highest BCUT2D eigenvalue weighted by Crippen LogP contribution is 2.27. The van der Waals surface area contributed by atoms with Gasteiger partial charge in [0.2, 0.25) is 0 Å². The fourth-order valence-electron chi connectivity index (χ4n) is 3.29. The van der Waals surface area contributed by atoms with Crippen LogP contribution in [0.4, 0.5) is 9.18 Å². The van der Waals surface area contributed by atoms with Crippen LogP contribution in [0.1, 0.15) is 42.9 Å². The first-order valence-corrected chi connectivity index (χ1v) is 9.37. The third-order valence-corrected chi connectivity index (χ3v) is 5.06. The van der Waals surface area contributed by atoms with Crippen LogP contribution in [0.3, 0.4) is 0 Å². The van der Waals surface area contributed by atoms with Gasteiger partial charge in [-0.3, -0.25) is 4.79 Å². The fraction of sp³-hybridized carbons (Fsp3) is 0.333. The van der Waals surface area contributed by atoms with Gasteiger partial charge in [-0.2, -0.15) is 0 Å². The molecule has 2 aromatic carbocycles. The van der Waals surface area contributed by atoms with E-state index in [9.17, 15) is 24.2 Å². The molecule has 0 saturated carbocycles. The molecule has 0 aliphatic carbocycles. The normalized spacial score (nSPS) is 12.8. The molecular weight excluding hydrogens is 360 g/mol. The number of benzene rings is 2. The molecule has 28 heavy (non-hydrogen) atoms. The van der Waals surface area contributed by atoms with Gasteiger partial charge in [0.1, 0.15) is 5.82 Å². The van der Waals surface area contributed by atoms with Gasteiger partial charge in [0.15, 0.2) is 7.28 Å². The van der Waals surface area contributed by atoms with E-state index in [1.54, 1.807) is 12.1 Å². The first-order chi connectivity index (χ1) is 13.3. The molecule has 0 saturated heterocycles. The van der Waals surface area contributed by atoms with Crippen LogP contribution in [0.25, 0.3) is 0 Å². The molecule has 148 valence electrons. The summed E-state index contributed by atoms with van der Waals surface area (Å²) in [6.45, 7) is 4.06. The van der Waals surface area contributed by atoms with Crippen molar-refractivity contribution in [1.29, 1.82) is 0 Å². The van der Waals surface area contributed by atoms with Gasteiger partial charge in [-0.15, -0.1) is 0 Å². The largest absolute Gasteiger partial charge is 0.481 e. The Hall–Kier alpha value is -2.83. The van der Waals surface area contributed by atoms with Crippen molar-refractivity contribution in [2.45, 2.75) is 38.5 Å². The minimum atomic E-state index is -1.06. The summed E-state index contributed by atoms with van der Waals surface area (Å²) in [4.78, 5) is 24.4. The van der Waals surface area contributed by atoms with Gasteiger partial charge in [-0.25, -0.2) is 9.18 Å². The smallest absolute Gasteiger partial charge is 0.407 e. The Bertz CT molecular complexity index is 795. The lowest BCUT2D eigenvalue weighted by atomic mass is 9.73. The van der Waals surface area contributed by atoms with Crippen LogP contribution in [0.2, 0.25) is 6.82 Å². The molecule has 2 rings (SSSR count). The van der Waals surface area contributed by atoms with Gasteiger partial charge in [0.25, 0.3) is 0 Å². The van der Waals surface area contributed by atoms with E-state index in [2.05, 4.69) is 6.82 Å². The van der Waals surface area contributed by atoms with Gasteiger partial charge in [0.05, 0.1) is 12.5 Å². The maximum Gasteiger partial charge on any atom is 0.407 e. The number of aliphatic carboxylic acids is 1. The number of halogens is 1. The number of hydrogen-bond donors (Lipinski definition) is 2. The molecule has 7 heteroatoms. The highest BCUT2D eigenvalue weighted by Gasteiger charge is 2.24. The van der Waals surface area contributed by atoms with E-state index < -0.39 is 23.8 Å². The van der Waals surface area contributed by atoms with Crippen molar-refractivity contribution in [1.82, 2.24) is 4.90 Å². The number of hydrogen-bond acceptors (Lipinski definition) is 2. The van der Waals surface area contributed by atoms with Crippen molar-refractivity contribution in [3.63, 3.8) is 0 Å². The van der Waals surface area contributed by atoms with E-state index in [-0.39, 0.29) is 19.0 Å². The first-order valence-electron chi connectivity index (χ1n) is 9.37. The SMILES string of the molecule is CBc1ccc([C@H](C)N(CC[C@H](CC(=O)O)c2ccc(F)cc2)C(=O)O)cc1. The maximum atomic E-state index is 13.2. The summed E-state index contributed by atoms with van der Waals surface area (Å²) in [5.74, 6) is -1.76. The minimum absolute atomic E-state index is 0.140. The monoisotopic (exact) mass is 385 g/mol. The number of rotatable bonds is 9. The molecule has 0 radical (unpaired) electrons. The van der Waals surface area contributed by atoms with Crippen molar-refractivity contribution >= 4 is 24.8 Å². The molecule has 2 aromatic rings. The van der Waals surface area contributed by atoms with Crippen LogP contribution < -0.4 is 5.46 Å². The molecule has 0 unspecified atom stereocenters. The predicted octanol–water partition coefficient (Wildman–Crippen LogP) is 3.63. The lowest BCUT2D eigenvalue weighted by molar-refractivity contribution is -0.137. The van der Waals surface area contributed by atoms with Crippen molar-refractivity contribution < 1.29 is 24.2 Å². The Balaban J connectivity index is 2.15. The van der Waals surface area contributed by atoms with E-state index in [0.717, 1.165) is 12.8 Å². The second kappa shape index (κ2) is 9.92. The quantitative estimate of drug-likeness (QED) is 0.647. The highest BCUT2D eigenvalue weighted by atomic mass is 19.1. The zero-order chi connectivity index (χ0) is 20.7. The highest BCUT2D eigenvalue weighted by molar-refractivity contribution is 6.51. The van der Waals surface area contributed by atoms with Gasteiger partial charge in [0, 0.05) is 6.54 Å². The number of amides is 1. The van der Waals surface area contributed by atoms with E-state index >= 15 is 0 Å². The summed E-state index contributed by atoms with van der Waals surface area (Å²) in [5, 5.41) is 18.9. The van der Waals surface area contributed by atoms with Crippen LogP contribution in [0, 0.1) is 5.82 Å². The van der Waals surface area contributed by atoms with Crippen molar-refractivity contribution in [3.05, 3.63) is 65.5 Å². The number of carboxylic acid groups (broad SMARTS) is 2.